The summed E-state index contributed by atoms with van der Waals surface area (Å²) in [5.74, 6) is 0.0122. The number of carbonyl (C=O) groups excluding carboxylic acids is 1. The van der Waals surface area contributed by atoms with E-state index in [0.29, 0.717) is 12.6 Å². The summed E-state index contributed by atoms with van der Waals surface area (Å²) in [5.41, 5.74) is 1.90. The summed E-state index contributed by atoms with van der Waals surface area (Å²) in [7, 11) is 0. The van der Waals surface area contributed by atoms with Gasteiger partial charge in [-0.05, 0) is 48.1 Å². The summed E-state index contributed by atoms with van der Waals surface area (Å²) in [4.78, 5) is 14.6. The summed E-state index contributed by atoms with van der Waals surface area (Å²) in [6.07, 6.45) is 0. The van der Waals surface area contributed by atoms with Crippen molar-refractivity contribution in [1.82, 2.24) is 10.2 Å². The fraction of sp³-hybridized carbons (Fsp3) is 0.533. The number of hydrogen-bond donors (Lipinski definition) is 1. The van der Waals surface area contributed by atoms with Crippen LogP contribution >= 0.6 is 22.6 Å². The first kappa shape index (κ1) is 15.7. The number of aryl methyl sites for hydroxylation is 1. The topological polar surface area (TPSA) is 41.6 Å². The van der Waals surface area contributed by atoms with Crippen LogP contribution in [0.1, 0.15) is 22.8 Å². The fourth-order valence-corrected chi connectivity index (χ4v) is 2.91. The number of nitrogens with one attached hydrogen (secondary N) is 1. The quantitative estimate of drug-likeness (QED) is 0.803. The van der Waals surface area contributed by atoms with Gasteiger partial charge in [-0.3, -0.25) is 9.69 Å². The van der Waals surface area contributed by atoms with Gasteiger partial charge in [-0.15, -0.1) is 0 Å². The Balaban J connectivity index is 1.89. The highest BCUT2D eigenvalue weighted by Crippen LogP contribution is 2.16. The van der Waals surface area contributed by atoms with Crippen LogP contribution in [0.25, 0.3) is 0 Å². The molecule has 1 amide bonds. The normalized spacial score (nSPS) is 17.8. The van der Waals surface area contributed by atoms with E-state index in [9.17, 15) is 4.79 Å². The third kappa shape index (κ3) is 3.93. The Morgan fingerprint density at radius 3 is 2.85 bits per heavy atom. The minimum Gasteiger partial charge on any atom is -0.379 e. The Morgan fingerprint density at radius 1 is 1.45 bits per heavy atom. The number of halogens is 1. The van der Waals surface area contributed by atoms with E-state index in [0.717, 1.165) is 41.0 Å². The number of ether oxygens (including phenoxy) is 1. The predicted molar refractivity (Wildman–Crippen MR) is 88.1 cm³/mol. The van der Waals surface area contributed by atoms with Crippen molar-refractivity contribution >= 4 is 28.5 Å². The lowest BCUT2D eigenvalue weighted by Gasteiger charge is -2.32. The first-order valence-corrected chi connectivity index (χ1v) is 8.02. The minimum absolute atomic E-state index is 0.0122. The zero-order chi connectivity index (χ0) is 14.5. The molecule has 20 heavy (non-hydrogen) atoms. The maximum Gasteiger partial charge on any atom is 0.252 e. The number of hydrogen-bond acceptors (Lipinski definition) is 3. The van der Waals surface area contributed by atoms with E-state index in [1.165, 1.54) is 0 Å². The summed E-state index contributed by atoms with van der Waals surface area (Å²) >= 11 is 2.23. The molecular formula is C15H21IN2O2. The summed E-state index contributed by atoms with van der Waals surface area (Å²) < 4.78 is 6.37. The maximum absolute atomic E-state index is 12.2. The highest BCUT2D eigenvalue weighted by molar-refractivity contribution is 14.1. The number of nitrogens with zero attached hydrogens (tertiary/aromatic N) is 1. The molecule has 110 valence electrons. The third-order valence-electron chi connectivity index (χ3n) is 3.66. The van der Waals surface area contributed by atoms with Crippen LogP contribution in [0.4, 0.5) is 0 Å². The number of morpholine rings is 1. The Hall–Kier alpha value is -0.660. The molecule has 1 unspecified atom stereocenters. The van der Waals surface area contributed by atoms with Gasteiger partial charge >= 0.3 is 0 Å². The van der Waals surface area contributed by atoms with Crippen LogP contribution < -0.4 is 5.32 Å². The first-order valence-electron chi connectivity index (χ1n) is 6.94. The molecule has 1 aromatic carbocycles. The maximum atomic E-state index is 12.2. The molecule has 0 aliphatic carbocycles. The van der Waals surface area contributed by atoms with Crippen molar-refractivity contribution in [3.8, 4) is 0 Å². The lowest BCUT2D eigenvalue weighted by Crippen LogP contribution is -2.47. The second kappa shape index (κ2) is 7.38. The standard InChI is InChI=1S/C15H21IN2O2/c1-11-4-3-5-13(14(11)16)15(19)17-10-12(2)18-6-8-20-9-7-18/h3-5,12H,6-10H2,1-2H3,(H,17,19). The van der Waals surface area contributed by atoms with Crippen molar-refractivity contribution in [2.45, 2.75) is 19.9 Å². The average Bonchev–Trinajstić information content (AvgIpc) is 2.48. The number of rotatable bonds is 4. The number of benzene rings is 1. The zero-order valence-corrected chi connectivity index (χ0v) is 14.1. The van der Waals surface area contributed by atoms with E-state index < -0.39 is 0 Å². The van der Waals surface area contributed by atoms with Gasteiger partial charge in [0.2, 0.25) is 0 Å². The Labute approximate surface area is 134 Å². The second-order valence-corrected chi connectivity index (χ2v) is 6.22. The van der Waals surface area contributed by atoms with Crippen molar-refractivity contribution < 1.29 is 9.53 Å². The van der Waals surface area contributed by atoms with Gasteiger partial charge in [-0.25, -0.2) is 0 Å². The largest absolute Gasteiger partial charge is 0.379 e. The molecule has 1 aliphatic rings. The van der Waals surface area contributed by atoms with Gasteiger partial charge < -0.3 is 10.1 Å². The Bertz CT molecular complexity index is 473. The molecule has 1 aliphatic heterocycles. The molecule has 1 aromatic rings. The third-order valence-corrected chi connectivity index (χ3v) is 5.10. The molecule has 2 rings (SSSR count). The van der Waals surface area contributed by atoms with Crippen LogP contribution in [0.3, 0.4) is 0 Å². The molecule has 0 spiro atoms. The molecule has 0 radical (unpaired) electrons. The first-order chi connectivity index (χ1) is 9.59. The molecule has 1 heterocycles. The predicted octanol–water partition coefficient (Wildman–Crippen LogP) is 2.05. The van der Waals surface area contributed by atoms with E-state index in [-0.39, 0.29) is 5.91 Å². The van der Waals surface area contributed by atoms with E-state index in [1.807, 2.05) is 25.1 Å². The molecular weight excluding hydrogens is 367 g/mol. The monoisotopic (exact) mass is 388 g/mol. The highest BCUT2D eigenvalue weighted by atomic mass is 127. The summed E-state index contributed by atoms with van der Waals surface area (Å²) in [6.45, 7) is 8.30. The zero-order valence-electron chi connectivity index (χ0n) is 12.0. The van der Waals surface area contributed by atoms with Gasteiger partial charge in [0.05, 0.1) is 18.8 Å². The van der Waals surface area contributed by atoms with Crippen molar-refractivity contribution in [1.29, 1.82) is 0 Å². The van der Waals surface area contributed by atoms with Crippen LogP contribution in [0, 0.1) is 10.5 Å². The lowest BCUT2D eigenvalue weighted by atomic mass is 10.1. The number of carbonyl (C=O) groups is 1. The Morgan fingerprint density at radius 2 is 2.15 bits per heavy atom. The average molecular weight is 388 g/mol. The molecule has 0 bridgehead atoms. The minimum atomic E-state index is 0.0122. The molecule has 4 nitrogen and oxygen atoms in total. The van der Waals surface area contributed by atoms with Gasteiger partial charge in [-0.2, -0.15) is 0 Å². The summed E-state index contributed by atoms with van der Waals surface area (Å²) in [6, 6.07) is 6.17. The van der Waals surface area contributed by atoms with Crippen molar-refractivity contribution in [2.75, 3.05) is 32.8 Å². The van der Waals surface area contributed by atoms with Crippen LogP contribution in [0.15, 0.2) is 18.2 Å². The Kier molecular flexibility index (Phi) is 5.80. The lowest BCUT2D eigenvalue weighted by molar-refractivity contribution is 0.0204. The molecule has 0 aromatic heterocycles. The molecule has 1 saturated heterocycles. The van der Waals surface area contributed by atoms with Gasteiger partial charge in [0.1, 0.15) is 0 Å². The summed E-state index contributed by atoms with van der Waals surface area (Å²) in [5, 5.41) is 3.04. The van der Waals surface area contributed by atoms with E-state index >= 15 is 0 Å². The van der Waals surface area contributed by atoms with Crippen LogP contribution in [0.2, 0.25) is 0 Å². The van der Waals surface area contributed by atoms with Gasteiger partial charge in [0, 0.05) is 29.2 Å². The van der Waals surface area contributed by atoms with Crippen LogP contribution in [0.5, 0.6) is 0 Å². The van der Waals surface area contributed by atoms with Crippen LogP contribution in [-0.4, -0.2) is 49.7 Å². The van der Waals surface area contributed by atoms with Gasteiger partial charge in [0.15, 0.2) is 0 Å². The van der Waals surface area contributed by atoms with E-state index in [4.69, 9.17) is 4.74 Å². The second-order valence-electron chi connectivity index (χ2n) is 5.14. The SMILES string of the molecule is Cc1cccc(C(=O)NCC(C)N2CCOCC2)c1I. The molecule has 1 fully saturated rings. The number of amides is 1. The fourth-order valence-electron chi connectivity index (χ4n) is 2.31. The van der Waals surface area contributed by atoms with E-state index in [2.05, 4.69) is 39.7 Å². The van der Waals surface area contributed by atoms with Crippen molar-refractivity contribution in [3.63, 3.8) is 0 Å². The van der Waals surface area contributed by atoms with Crippen molar-refractivity contribution in [3.05, 3.63) is 32.9 Å². The molecule has 5 heteroatoms. The van der Waals surface area contributed by atoms with Gasteiger partial charge in [0.25, 0.3) is 5.91 Å². The van der Waals surface area contributed by atoms with Crippen LogP contribution in [-0.2, 0) is 4.74 Å². The molecule has 1 atom stereocenters. The van der Waals surface area contributed by atoms with Crippen molar-refractivity contribution in [2.24, 2.45) is 0 Å². The molecule has 0 saturated carbocycles. The molecule has 1 N–H and O–H groups in total. The highest BCUT2D eigenvalue weighted by Gasteiger charge is 2.18. The smallest absolute Gasteiger partial charge is 0.252 e. The van der Waals surface area contributed by atoms with E-state index in [1.54, 1.807) is 0 Å². The van der Waals surface area contributed by atoms with Gasteiger partial charge in [-0.1, -0.05) is 12.1 Å².